The zero-order chi connectivity index (χ0) is 23.6. The van der Waals surface area contributed by atoms with Gasteiger partial charge in [-0.1, -0.05) is 35.9 Å². The lowest BCUT2D eigenvalue weighted by molar-refractivity contribution is -0.115. The van der Waals surface area contributed by atoms with Crippen molar-refractivity contribution in [2.75, 3.05) is 16.3 Å². The van der Waals surface area contributed by atoms with Gasteiger partial charge in [-0.25, -0.2) is 18.4 Å². The van der Waals surface area contributed by atoms with Crippen LogP contribution in [0.3, 0.4) is 0 Å². The van der Waals surface area contributed by atoms with Gasteiger partial charge < -0.3 is 5.32 Å². The summed E-state index contributed by atoms with van der Waals surface area (Å²) in [5.41, 5.74) is 6.18. The quantitative estimate of drug-likeness (QED) is 0.369. The third kappa shape index (κ3) is 6.04. The molecule has 0 aliphatic heterocycles. The van der Waals surface area contributed by atoms with Gasteiger partial charge in [-0.3, -0.25) is 9.52 Å². The molecule has 0 radical (unpaired) electrons. The Hall–Kier alpha value is -3.08. The maximum Gasteiger partial charge on any atom is 0.232 e. The molecule has 0 unspecified atom stereocenters. The smallest absolute Gasteiger partial charge is 0.232 e. The van der Waals surface area contributed by atoms with Crippen molar-refractivity contribution in [3.8, 4) is 21.8 Å². The molecule has 170 valence electrons. The van der Waals surface area contributed by atoms with Crippen LogP contribution in [0, 0.1) is 13.8 Å². The molecule has 0 saturated carbocycles. The molecule has 10 heteroatoms. The minimum absolute atomic E-state index is 0.169. The van der Waals surface area contributed by atoms with E-state index in [1.807, 2.05) is 10.8 Å². The lowest BCUT2D eigenvalue weighted by Crippen LogP contribution is -2.14. The SMILES string of the molecule is Cc1ccc(-c2nc(CC(=O)Nc3nc(-c4ccc(NS(C)(=O)=O)cc4)cs3)cs2)c(C)c1. The van der Waals surface area contributed by atoms with Gasteiger partial charge in [0.05, 0.1) is 24.1 Å². The average Bonchev–Trinajstić information content (AvgIpc) is 3.37. The minimum Gasteiger partial charge on any atom is -0.302 e. The molecule has 1 amide bonds. The molecule has 2 aromatic carbocycles. The Morgan fingerprint density at radius 3 is 2.45 bits per heavy atom. The summed E-state index contributed by atoms with van der Waals surface area (Å²) >= 11 is 2.86. The van der Waals surface area contributed by atoms with E-state index in [0.29, 0.717) is 16.5 Å². The second-order valence-electron chi connectivity index (χ2n) is 7.68. The molecule has 0 bridgehead atoms. The second-order valence-corrected chi connectivity index (χ2v) is 11.1. The number of nitrogens with zero attached hydrogens (tertiary/aromatic N) is 2. The number of nitrogens with one attached hydrogen (secondary N) is 2. The average molecular weight is 499 g/mol. The highest BCUT2D eigenvalue weighted by molar-refractivity contribution is 7.92. The summed E-state index contributed by atoms with van der Waals surface area (Å²) in [6.07, 6.45) is 1.27. The van der Waals surface area contributed by atoms with Gasteiger partial charge in [-0.15, -0.1) is 22.7 Å². The van der Waals surface area contributed by atoms with Crippen molar-refractivity contribution < 1.29 is 13.2 Å². The number of benzene rings is 2. The van der Waals surface area contributed by atoms with Crippen LogP contribution in [0.5, 0.6) is 0 Å². The van der Waals surface area contributed by atoms with Gasteiger partial charge in [0.25, 0.3) is 0 Å². The summed E-state index contributed by atoms with van der Waals surface area (Å²) in [6.45, 7) is 4.12. The Morgan fingerprint density at radius 1 is 1.00 bits per heavy atom. The van der Waals surface area contributed by atoms with Crippen molar-refractivity contribution >= 4 is 49.4 Å². The molecule has 4 rings (SSSR count). The third-order valence-corrected chi connectivity index (χ3v) is 7.03. The number of thiazole rings is 2. The largest absolute Gasteiger partial charge is 0.302 e. The first-order valence-corrected chi connectivity index (χ1v) is 13.7. The van der Waals surface area contributed by atoms with Gasteiger partial charge in [-0.2, -0.15) is 0 Å². The fraction of sp³-hybridized carbons (Fsp3) is 0.174. The summed E-state index contributed by atoms with van der Waals surface area (Å²) in [5, 5.41) is 7.99. The summed E-state index contributed by atoms with van der Waals surface area (Å²) in [4.78, 5) is 21.6. The van der Waals surface area contributed by atoms with Crippen LogP contribution in [0.25, 0.3) is 21.8 Å². The van der Waals surface area contributed by atoms with Crippen LogP contribution in [-0.4, -0.2) is 30.5 Å². The van der Waals surface area contributed by atoms with E-state index >= 15 is 0 Å². The molecule has 2 N–H and O–H groups in total. The maximum atomic E-state index is 12.5. The van der Waals surface area contributed by atoms with Crippen molar-refractivity contribution in [3.05, 3.63) is 70.0 Å². The standard InChI is InChI=1S/C23H22N4O3S3/c1-14-4-9-19(15(2)10-14)22-24-18(12-31-22)11-21(28)26-23-25-20(13-32-23)16-5-7-17(8-6-16)27-33(3,29)30/h4-10,12-13,27H,11H2,1-3H3,(H,25,26,28). The molecule has 2 heterocycles. The molecule has 0 fully saturated rings. The predicted octanol–water partition coefficient (Wildman–Crippen LogP) is 5.10. The summed E-state index contributed by atoms with van der Waals surface area (Å²) in [7, 11) is -3.32. The number of sulfonamides is 1. The van der Waals surface area contributed by atoms with Crippen LogP contribution in [0.4, 0.5) is 10.8 Å². The van der Waals surface area contributed by atoms with Crippen LogP contribution in [0.1, 0.15) is 16.8 Å². The highest BCUT2D eigenvalue weighted by atomic mass is 32.2. The van der Waals surface area contributed by atoms with Crippen molar-refractivity contribution in [1.82, 2.24) is 9.97 Å². The van der Waals surface area contributed by atoms with Gasteiger partial charge >= 0.3 is 0 Å². The Kier molecular flexibility index (Phi) is 6.59. The van der Waals surface area contributed by atoms with E-state index in [1.54, 1.807) is 24.3 Å². The number of carbonyl (C=O) groups excluding carboxylic acids is 1. The summed E-state index contributed by atoms with van der Waals surface area (Å²) in [5.74, 6) is -0.180. The van der Waals surface area contributed by atoms with E-state index in [-0.39, 0.29) is 12.3 Å². The first-order valence-electron chi connectivity index (χ1n) is 10.0. The molecule has 7 nitrogen and oxygen atoms in total. The van der Waals surface area contributed by atoms with Gasteiger partial charge in [0.15, 0.2) is 5.13 Å². The zero-order valence-corrected chi connectivity index (χ0v) is 20.7. The Labute approximate surface area is 200 Å². The summed E-state index contributed by atoms with van der Waals surface area (Å²) in [6, 6.07) is 13.1. The molecular formula is C23H22N4O3S3. The van der Waals surface area contributed by atoms with Gasteiger partial charge in [0, 0.05) is 27.6 Å². The molecule has 2 aromatic heterocycles. The fourth-order valence-electron chi connectivity index (χ4n) is 3.28. The first-order chi connectivity index (χ1) is 15.7. The van der Waals surface area contributed by atoms with Gasteiger partial charge in [0.2, 0.25) is 15.9 Å². The number of aromatic nitrogens is 2. The van der Waals surface area contributed by atoms with E-state index < -0.39 is 10.0 Å². The Morgan fingerprint density at radius 2 is 1.76 bits per heavy atom. The number of rotatable bonds is 7. The lowest BCUT2D eigenvalue weighted by Gasteiger charge is -2.04. The third-order valence-electron chi connectivity index (χ3n) is 4.74. The second kappa shape index (κ2) is 9.42. The van der Waals surface area contributed by atoms with Crippen LogP contribution >= 0.6 is 22.7 Å². The van der Waals surface area contributed by atoms with Crippen molar-refractivity contribution in [2.45, 2.75) is 20.3 Å². The van der Waals surface area contributed by atoms with E-state index in [4.69, 9.17) is 0 Å². The van der Waals surface area contributed by atoms with E-state index in [2.05, 4.69) is 52.1 Å². The van der Waals surface area contributed by atoms with Crippen LogP contribution in [0.15, 0.2) is 53.2 Å². The molecule has 0 aliphatic rings. The maximum absolute atomic E-state index is 12.5. The predicted molar refractivity (Wildman–Crippen MR) is 135 cm³/mol. The normalized spacial score (nSPS) is 11.4. The highest BCUT2D eigenvalue weighted by Crippen LogP contribution is 2.29. The molecular weight excluding hydrogens is 476 g/mol. The highest BCUT2D eigenvalue weighted by Gasteiger charge is 2.13. The van der Waals surface area contributed by atoms with Crippen molar-refractivity contribution in [2.24, 2.45) is 0 Å². The van der Waals surface area contributed by atoms with Crippen molar-refractivity contribution in [3.63, 3.8) is 0 Å². The molecule has 0 atom stereocenters. The molecule has 33 heavy (non-hydrogen) atoms. The summed E-state index contributed by atoms with van der Waals surface area (Å²) < 4.78 is 25.1. The van der Waals surface area contributed by atoms with Gasteiger partial charge in [-0.05, 0) is 31.5 Å². The monoisotopic (exact) mass is 498 g/mol. The van der Waals surface area contributed by atoms with Gasteiger partial charge in [0.1, 0.15) is 5.01 Å². The number of anilines is 2. The van der Waals surface area contributed by atoms with Crippen molar-refractivity contribution in [1.29, 1.82) is 0 Å². The molecule has 0 spiro atoms. The molecule has 0 saturated heterocycles. The Bertz CT molecular complexity index is 1410. The number of hydrogen-bond acceptors (Lipinski definition) is 7. The first kappa shape index (κ1) is 23.1. The fourth-order valence-corrected chi connectivity index (χ4v) is 5.49. The van der Waals surface area contributed by atoms with Crippen LogP contribution in [-0.2, 0) is 21.2 Å². The minimum atomic E-state index is -3.32. The number of aryl methyl sites for hydroxylation is 2. The molecule has 4 aromatic rings. The van der Waals surface area contributed by atoms with Crippen LogP contribution in [0.2, 0.25) is 0 Å². The number of hydrogen-bond donors (Lipinski definition) is 2. The van der Waals surface area contributed by atoms with E-state index in [9.17, 15) is 13.2 Å². The Balaban J connectivity index is 1.39. The zero-order valence-electron chi connectivity index (χ0n) is 18.2. The molecule has 0 aliphatic carbocycles. The van der Waals surface area contributed by atoms with E-state index in [0.717, 1.165) is 33.6 Å². The topological polar surface area (TPSA) is 101 Å². The lowest BCUT2D eigenvalue weighted by atomic mass is 10.1. The van der Waals surface area contributed by atoms with E-state index in [1.165, 1.54) is 28.2 Å². The number of amides is 1. The number of carbonyl (C=O) groups is 1. The van der Waals surface area contributed by atoms with Crippen LogP contribution < -0.4 is 10.0 Å².